The van der Waals surface area contributed by atoms with E-state index >= 15 is 0 Å². The van der Waals surface area contributed by atoms with Crippen LogP contribution in [-0.2, 0) is 0 Å². The van der Waals surface area contributed by atoms with E-state index in [9.17, 15) is 4.39 Å². The maximum atomic E-state index is 11.8. The summed E-state index contributed by atoms with van der Waals surface area (Å²) in [7, 11) is 0. The number of hydrogen-bond donors (Lipinski definition) is 1. The fourth-order valence-corrected chi connectivity index (χ4v) is 2.27. The summed E-state index contributed by atoms with van der Waals surface area (Å²) in [6, 6.07) is 0. The third-order valence-electron chi connectivity index (χ3n) is 1.55. The first-order valence-electron chi connectivity index (χ1n) is 3.20. The van der Waals surface area contributed by atoms with Crippen LogP contribution in [0.25, 0.3) is 0 Å². The maximum absolute atomic E-state index is 11.8. The molecule has 3 heteroatoms. The fraction of sp³-hybridized carbons (Fsp3) is 1.00. The van der Waals surface area contributed by atoms with Gasteiger partial charge in [-0.3, -0.25) is 0 Å². The second kappa shape index (κ2) is 3.42. The Morgan fingerprint density at radius 2 is 2.56 bits per heavy atom. The first-order chi connectivity index (χ1) is 4.34. The van der Waals surface area contributed by atoms with Crippen molar-refractivity contribution in [3.8, 4) is 0 Å². The first-order valence-corrected chi connectivity index (χ1v) is 4.25. The van der Waals surface area contributed by atoms with Crippen LogP contribution in [0, 0.1) is 0 Å². The van der Waals surface area contributed by atoms with Crippen LogP contribution in [0.2, 0.25) is 0 Å². The zero-order valence-electron chi connectivity index (χ0n) is 5.22. The maximum Gasteiger partial charge on any atom is 0.116 e. The molecule has 0 bridgehead atoms. The summed E-state index contributed by atoms with van der Waals surface area (Å²) < 4.78 is 11.8. The van der Waals surface area contributed by atoms with Gasteiger partial charge in [-0.25, -0.2) is 4.39 Å². The summed E-state index contributed by atoms with van der Waals surface area (Å²) in [6.07, 6.45) is 1.40. The second-order valence-electron chi connectivity index (χ2n) is 2.27. The number of aliphatic hydroxyl groups is 1. The van der Waals surface area contributed by atoms with Crippen LogP contribution < -0.4 is 0 Å². The van der Waals surface area contributed by atoms with Gasteiger partial charge in [0, 0.05) is 5.25 Å². The Morgan fingerprint density at radius 3 is 3.00 bits per heavy atom. The Labute approximate surface area is 58.6 Å². The highest BCUT2D eigenvalue weighted by Crippen LogP contribution is 2.28. The van der Waals surface area contributed by atoms with Crippen LogP contribution in [0.4, 0.5) is 4.39 Å². The summed E-state index contributed by atoms with van der Waals surface area (Å²) in [5.41, 5.74) is 0. The smallest absolute Gasteiger partial charge is 0.116 e. The van der Waals surface area contributed by atoms with Crippen molar-refractivity contribution < 1.29 is 9.50 Å². The van der Waals surface area contributed by atoms with E-state index in [0.29, 0.717) is 0 Å². The molecular weight excluding hydrogens is 139 g/mol. The second-order valence-corrected chi connectivity index (χ2v) is 3.62. The minimum absolute atomic E-state index is 0.176. The van der Waals surface area contributed by atoms with Crippen molar-refractivity contribution in [1.29, 1.82) is 0 Å². The van der Waals surface area contributed by atoms with Gasteiger partial charge in [-0.1, -0.05) is 0 Å². The number of rotatable bonds is 2. The Bertz CT molecular complexity index is 83.1. The highest BCUT2D eigenvalue weighted by molar-refractivity contribution is 8.00. The van der Waals surface area contributed by atoms with Gasteiger partial charge >= 0.3 is 0 Å². The molecule has 2 atom stereocenters. The molecule has 0 aromatic heterocycles. The lowest BCUT2D eigenvalue weighted by Crippen LogP contribution is -2.22. The topological polar surface area (TPSA) is 20.2 Å². The van der Waals surface area contributed by atoms with Crippen molar-refractivity contribution in [2.24, 2.45) is 0 Å². The minimum atomic E-state index is -0.711. The van der Waals surface area contributed by atoms with Crippen LogP contribution in [0.3, 0.4) is 0 Å². The molecule has 2 unspecified atom stereocenters. The van der Waals surface area contributed by atoms with Crippen molar-refractivity contribution in [2.75, 3.05) is 12.4 Å². The molecule has 1 heterocycles. The molecule has 1 N–H and O–H groups in total. The van der Waals surface area contributed by atoms with Crippen molar-refractivity contribution in [3.05, 3.63) is 0 Å². The number of halogens is 1. The predicted octanol–water partition coefficient (Wildman–Crippen LogP) is 1.21. The van der Waals surface area contributed by atoms with Gasteiger partial charge in [-0.05, 0) is 18.6 Å². The molecule has 1 aliphatic heterocycles. The van der Waals surface area contributed by atoms with E-state index in [1.807, 2.05) is 0 Å². The number of thioether (sulfide) groups is 1. The van der Waals surface area contributed by atoms with Crippen LogP contribution in [-0.4, -0.2) is 28.9 Å². The zero-order chi connectivity index (χ0) is 6.69. The van der Waals surface area contributed by atoms with Gasteiger partial charge in [0.15, 0.2) is 0 Å². The van der Waals surface area contributed by atoms with Crippen molar-refractivity contribution in [1.82, 2.24) is 0 Å². The quantitative estimate of drug-likeness (QED) is 0.638. The molecule has 0 aromatic carbocycles. The third-order valence-corrected chi connectivity index (χ3v) is 3.05. The Morgan fingerprint density at radius 1 is 1.78 bits per heavy atom. The Balaban J connectivity index is 2.24. The minimum Gasteiger partial charge on any atom is -0.389 e. The van der Waals surface area contributed by atoms with E-state index in [-0.39, 0.29) is 5.25 Å². The fourth-order valence-electron chi connectivity index (χ4n) is 1.01. The third kappa shape index (κ3) is 1.83. The molecule has 1 saturated heterocycles. The van der Waals surface area contributed by atoms with Gasteiger partial charge in [-0.15, -0.1) is 0 Å². The average Bonchev–Trinajstić information content (AvgIpc) is 2.37. The van der Waals surface area contributed by atoms with Gasteiger partial charge in [0.25, 0.3) is 0 Å². The molecule has 0 amide bonds. The summed E-state index contributed by atoms with van der Waals surface area (Å²) in [5, 5.41) is 9.14. The molecule has 54 valence electrons. The van der Waals surface area contributed by atoms with Gasteiger partial charge in [0.2, 0.25) is 0 Å². The van der Waals surface area contributed by atoms with E-state index in [2.05, 4.69) is 0 Å². The first kappa shape index (κ1) is 7.35. The molecule has 9 heavy (non-hydrogen) atoms. The van der Waals surface area contributed by atoms with Gasteiger partial charge in [0.05, 0.1) is 6.10 Å². The molecule has 0 aromatic rings. The average molecular weight is 150 g/mol. The van der Waals surface area contributed by atoms with Crippen molar-refractivity contribution in [2.45, 2.75) is 24.2 Å². The largest absolute Gasteiger partial charge is 0.389 e. The molecule has 0 aliphatic carbocycles. The molecule has 0 saturated carbocycles. The highest BCUT2D eigenvalue weighted by atomic mass is 32.2. The standard InChI is InChI=1S/C6H11FOS/c7-4-5(8)6-2-1-3-9-6/h5-6,8H,1-4H2. The van der Waals surface area contributed by atoms with Gasteiger partial charge in [0.1, 0.15) is 6.67 Å². The van der Waals surface area contributed by atoms with Crippen LogP contribution >= 0.6 is 11.8 Å². The van der Waals surface area contributed by atoms with Crippen LogP contribution in [0.1, 0.15) is 12.8 Å². The van der Waals surface area contributed by atoms with E-state index in [1.165, 1.54) is 0 Å². The normalized spacial score (nSPS) is 30.7. The number of hydrogen-bond acceptors (Lipinski definition) is 2. The molecule has 1 nitrogen and oxygen atoms in total. The lowest BCUT2D eigenvalue weighted by Gasteiger charge is -2.11. The van der Waals surface area contributed by atoms with E-state index in [0.717, 1.165) is 18.6 Å². The van der Waals surface area contributed by atoms with Gasteiger partial charge < -0.3 is 5.11 Å². The van der Waals surface area contributed by atoms with Crippen molar-refractivity contribution in [3.63, 3.8) is 0 Å². The SMILES string of the molecule is OC(CF)C1CCCS1. The highest BCUT2D eigenvalue weighted by Gasteiger charge is 2.23. The lowest BCUT2D eigenvalue weighted by atomic mass is 10.2. The molecule has 1 rings (SSSR count). The van der Waals surface area contributed by atoms with Crippen molar-refractivity contribution >= 4 is 11.8 Å². The van der Waals surface area contributed by atoms with E-state index in [1.54, 1.807) is 11.8 Å². The summed E-state index contributed by atoms with van der Waals surface area (Å²) in [6.45, 7) is -0.586. The summed E-state index contributed by atoms with van der Waals surface area (Å²) in [4.78, 5) is 0. The predicted molar refractivity (Wildman–Crippen MR) is 37.5 cm³/mol. The lowest BCUT2D eigenvalue weighted by molar-refractivity contribution is 0.136. The van der Waals surface area contributed by atoms with E-state index < -0.39 is 12.8 Å². The van der Waals surface area contributed by atoms with Gasteiger partial charge in [-0.2, -0.15) is 11.8 Å². The molecule has 1 fully saturated rings. The van der Waals surface area contributed by atoms with Crippen LogP contribution in [0.15, 0.2) is 0 Å². The number of alkyl halides is 1. The van der Waals surface area contributed by atoms with Crippen LogP contribution in [0.5, 0.6) is 0 Å². The molecular formula is C6H11FOS. The zero-order valence-corrected chi connectivity index (χ0v) is 6.03. The summed E-state index contributed by atoms with van der Waals surface area (Å²) in [5.74, 6) is 1.09. The Hall–Kier alpha value is 0.240. The van der Waals surface area contributed by atoms with E-state index in [4.69, 9.17) is 5.11 Å². The molecule has 0 spiro atoms. The monoisotopic (exact) mass is 150 g/mol. The summed E-state index contributed by atoms with van der Waals surface area (Å²) >= 11 is 1.69. The molecule has 1 aliphatic rings. The number of aliphatic hydroxyl groups excluding tert-OH is 1. The molecule has 0 radical (unpaired) electrons. The Kier molecular flexibility index (Phi) is 2.79.